The van der Waals surface area contributed by atoms with Crippen molar-refractivity contribution in [3.05, 3.63) is 95.1 Å². The van der Waals surface area contributed by atoms with Crippen LogP contribution >= 0.6 is 0 Å². The Morgan fingerprint density at radius 3 is 1.41 bits per heavy atom. The summed E-state index contributed by atoms with van der Waals surface area (Å²) in [5, 5.41) is 18.1. The van der Waals surface area contributed by atoms with Crippen molar-refractivity contribution in [3.8, 4) is 11.5 Å². The van der Waals surface area contributed by atoms with E-state index in [9.17, 15) is 9.90 Å². The van der Waals surface area contributed by atoms with Crippen LogP contribution in [0.2, 0.25) is 0 Å². The average molecular weight is 362 g/mol. The van der Waals surface area contributed by atoms with Gasteiger partial charge in [-0.15, -0.1) is 0 Å². The van der Waals surface area contributed by atoms with Crippen molar-refractivity contribution in [2.24, 2.45) is 0 Å². The molecule has 2 atom stereocenters. The number of hydrogen-bond donors (Lipinski definition) is 2. The van der Waals surface area contributed by atoms with E-state index >= 15 is 0 Å². The molecule has 0 saturated heterocycles. The van der Waals surface area contributed by atoms with Gasteiger partial charge in [-0.2, -0.15) is 0 Å². The van der Waals surface area contributed by atoms with E-state index in [1.165, 1.54) is 11.1 Å². The van der Waals surface area contributed by atoms with E-state index < -0.39 is 6.16 Å². The molecule has 0 spiro atoms. The molecule has 4 heteroatoms. The summed E-state index contributed by atoms with van der Waals surface area (Å²) >= 11 is 0. The van der Waals surface area contributed by atoms with E-state index in [2.05, 4.69) is 42.8 Å². The van der Waals surface area contributed by atoms with Crippen molar-refractivity contribution < 1.29 is 19.7 Å². The SMILES string of the molecule is CC(c1ccc(O)cc1)c1ccc(C(C)c2ccc(OC(=O)O)cc2)cc1. The van der Waals surface area contributed by atoms with E-state index in [1.807, 2.05) is 24.3 Å². The van der Waals surface area contributed by atoms with Gasteiger partial charge in [-0.05, 0) is 46.5 Å². The van der Waals surface area contributed by atoms with Crippen LogP contribution in [0, 0.1) is 0 Å². The highest BCUT2D eigenvalue weighted by Crippen LogP contribution is 2.29. The van der Waals surface area contributed by atoms with Crippen LogP contribution in [0.25, 0.3) is 0 Å². The number of hydrogen-bond acceptors (Lipinski definition) is 3. The minimum absolute atomic E-state index is 0.182. The second-order valence-electron chi connectivity index (χ2n) is 6.64. The molecule has 27 heavy (non-hydrogen) atoms. The first kappa shape index (κ1) is 18.5. The Kier molecular flexibility index (Phi) is 5.46. The molecule has 0 aliphatic carbocycles. The molecule has 0 radical (unpaired) electrons. The van der Waals surface area contributed by atoms with Gasteiger partial charge in [-0.3, -0.25) is 0 Å². The van der Waals surface area contributed by atoms with Gasteiger partial charge in [0, 0.05) is 11.8 Å². The third-order valence-corrected chi connectivity index (χ3v) is 4.91. The Balaban J connectivity index is 1.74. The van der Waals surface area contributed by atoms with Crippen molar-refractivity contribution in [2.45, 2.75) is 25.7 Å². The van der Waals surface area contributed by atoms with Crippen LogP contribution in [-0.2, 0) is 0 Å². The maximum Gasteiger partial charge on any atom is 0.511 e. The van der Waals surface area contributed by atoms with Gasteiger partial charge < -0.3 is 14.9 Å². The molecule has 0 aliphatic heterocycles. The van der Waals surface area contributed by atoms with E-state index in [0.29, 0.717) is 5.75 Å². The van der Waals surface area contributed by atoms with Crippen LogP contribution < -0.4 is 4.74 Å². The fourth-order valence-electron chi connectivity index (χ4n) is 3.15. The quantitative estimate of drug-likeness (QED) is 0.448. The summed E-state index contributed by atoms with van der Waals surface area (Å²) in [6.07, 6.45) is -1.31. The number of carboxylic acid groups (broad SMARTS) is 1. The van der Waals surface area contributed by atoms with Crippen molar-refractivity contribution in [1.29, 1.82) is 0 Å². The fourth-order valence-corrected chi connectivity index (χ4v) is 3.15. The Hall–Kier alpha value is -3.27. The van der Waals surface area contributed by atoms with Crippen molar-refractivity contribution in [2.75, 3.05) is 0 Å². The van der Waals surface area contributed by atoms with Gasteiger partial charge in [0.15, 0.2) is 0 Å². The summed E-state index contributed by atoms with van der Waals surface area (Å²) in [5.41, 5.74) is 4.64. The first-order valence-corrected chi connectivity index (χ1v) is 8.83. The molecule has 0 heterocycles. The number of ether oxygens (including phenoxy) is 1. The molecule has 0 fully saturated rings. The number of carbonyl (C=O) groups is 1. The minimum atomic E-state index is -1.31. The Morgan fingerprint density at radius 2 is 1.04 bits per heavy atom. The maximum absolute atomic E-state index is 10.6. The molecule has 0 amide bonds. The van der Waals surface area contributed by atoms with Gasteiger partial charge in [0.25, 0.3) is 0 Å². The Bertz CT molecular complexity index is 897. The molecule has 2 N–H and O–H groups in total. The lowest BCUT2D eigenvalue weighted by Gasteiger charge is -2.16. The molecule has 0 aromatic heterocycles. The second kappa shape index (κ2) is 7.96. The van der Waals surface area contributed by atoms with Gasteiger partial charge in [0.2, 0.25) is 0 Å². The van der Waals surface area contributed by atoms with Crippen molar-refractivity contribution in [1.82, 2.24) is 0 Å². The van der Waals surface area contributed by atoms with E-state index in [-0.39, 0.29) is 17.6 Å². The summed E-state index contributed by atoms with van der Waals surface area (Å²) < 4.78 is 4.65. The van der Waals surface area contributed by atoms with E-state index in [4.69, 9.17) is 5.11 Å². The predicted molar refractivity (Wildman–Crippen MR) is 105 cm³/mol. The Labute approximate surface area is 158 Å². The van der Waals surface area contributed by atoms with Crippen LogP contribution in [0.3, 0.4) is 0 Å². The van der Waals surface area contributed by atoms with Crippen LogP contribution in [0.4, 0.5) is 4.79 Å². The van der Waals surface area contributed by atoms with Crippen molar-refractivity contribution >= 4 is 6.16 Å². The molecular weight excluding hydrogens is 340 g/mol. The van der Waals surface area contributed by atoms with Crippen LogP contribution in [0.5, 0.6) is 11.5 Å². The number of rotatable bonds is 5. The molecule has 4 nitrogen and oxygen atoms in total. The molecule has 3 rings (SSSR count). The minimum Gasteiger partial charge on any atom is -0.508 e. The standard InChI is InChI=1S/C23H22O4/c1-15(19-7-11-21(24)12-8-19)17-3-5-18(6-4-17)16(2)20-9-13-22(14-10-20)27-23(25)26/h3-16,24H,1-2H3,(H,25,26). The largest absolute Gasteiger partial charge is 0.511 e. The van der Waals surface area contributed by atoms with Crippen LogP contribution in [-0.4, -0.2) is 16.4 Å². The predicted octanol–water partition coefficient (Wildman–Crippen LogP) is 5.75. The lowest BCUT2D eigenvalue weighted by molar-refractivity contribution is 0.144. The van der Waals surface area contributed by atoms with Crippen LogP contribution in [0.1, 0.15) is 47.9 Å². The maximum atomic E-state index is 10.6. The smallest absolute Gasteiger partial charge is 0.508 e. The first-order valence-electron chi connectivity index (χ1n) is 8.83. The highest BCUT2D eigenvalue weighted by Gasteiger charge is 2.12. The fraction of sp³-hybridized carbons (Fsp3) is 0.174. The molecule has 0 aliphatic rings. The van der Waals surface area contributed by atoms with Gasteiger partial charge in [-0.1, -0.05) is 62.4 Å². The third-order valence-electron chi connectivity index (χ3n) is 4.91. The van der Waals surface area contributed by atoms with Gasteiger partial charge in [0.1, 0.15) is 11.5 Å². The number of benzene rings is 3. The molecule has 2 unspecified atom stereocenters. The summed E-state index contributed by atoms with van der Waals surface area (Å²) in [6.45, 7) is 4.26. The molecule has 3 aromatic rings. The molecular formula is C23H22O4. The first-order chi connectivity index (χ1) is 12.9. The van der Waals surface area contributed by atoms with E-state index in [0.717, 1.165) is 11.1 Å². The topological polar surface area (TPSA) is 66.8 Å². The van der Waals surface area contributed by atoms with Gasteiger partial charge >= 0.3 is 6.16 Å². The van der Waals surface area contributed by atoms with Gasteiger partial charge in [0.05, 0.1) is 0 Å². The zero-order valence-corrected chi connectivity index (χ0v) is 15.3. The number of aromatic hydroxyl groups is 1. The van der Waals surface area contributed by atoms with E-state index in [1.54, 1.807) is 24.3 Å². The number of phenols is 1. The highest BCUT2D eigenvalue weighted by atomic mass is 16.7. The van der Waals surface area contributed by atoms with Crippen LogP contribution in [0.15, 0.2) is 72.8 Å². The lowest BCUT2D eigenvalue weighted by Crippen LogP contribution is -2.03. The highest BCUT2D eigenvalue weighted by molar-refractivity contribution is 5.61. The summed E-state index contributed by atoms with van der Waals surface area (Å²) in [7, 11) is 0. The summed E-state index contributed by atoms with van der Waals surface area (Å²) in [4.78, 5) is 10.6. The Morgan fingerprint density at radius 1 is 0.704 bits per heavy atom. The molecule has 0 saturated carbocycles. The van der Waals surface area contributed by atoms with Gasteiger partial charge in [-0.25, -0.2) is 4.79 Å². The van der Waals surface area contributed by atoms with Crippen molar-refractivity contribution in [3.63, 3.8) is 0 Å². The normalized spacial score (nSPS) is 13.0. The average Bonchev–Trinajstić information content (AvgIpc) is 2.68. The summed E-state index contributed by atoms with van der Waals surface area (Å²) in [5.74, 6) is 1.01. The third kappa shape index (κ3) is 4.47. The zero-order chi connectivity index (χ0) is 19.4. The molecule has 0 bridgehead atoms. The number of phenolic OH excluding ortho intramolecular Hbond substituents is 1. The monoisotopic (exact) mass is 362 g/mol. The summed E-state index contributed by atoms with van der Waals surface area (Å²) in [6, 6.07) is 22.9. The molecule has 3 aromatic carbocycles. The zero-order valence-electron chi connectivity index (χ0n) is 15.3. The second-order valence-corrected chi connectivity index (χ2v) is 6.64. The molecule has 138 valence electrons. The lowest BCUT2D eigenvalue weighted by atomic mass is 9.89.